The lowest BCUT2D eigenvalue weighted by Gasteiger charge is -2.25. The number of thiophene rings is 1. The van der Waals surface area contributed by atoms with E-state index in [2.05, 4.69) is 10.3 Å². The highest BCUT2D eigenvalue weighted by molar-refractivity contribution is 7.12. The summed E-state index contributed by atoms with van der Waals surface area (Å²) in [5, 5.41) is 4.94. The Hall–Kier alpha value is -3.39. The molecule has 0 spiro atoms. The first-order chi connectivity index (χ1) is 16.1. The number of hydrogen-bond donors (Lipinski definition) is 1. The molecule has 0 aliphatic carbocycles. The molecule has 2 aromatic heterocycles. The molecule has 1 aliphatic heterocycles. The van der Waals surface area contributed by atoms with Crippen LogP contribution in [0.4, 0.5) is 0 Å². The van der Waals surface area contributed by atoms with E-state index in [0.29, 0.717) is 35.9 Å². The van der Waals surface area contributed by atoms with Crippen LogP contribution in [0, 0.1) is 0 Å². The number of likely N-dealkylation sites (tertiary alicyclic amines) is 1. The number of methoxy groups -OCH3 is 1. The van der Waals surface area contributed by atoms with Crippen molar-refractivity contribution in [3.8, 4) is 11.5 Å². The molecule has 1 saturated heterocycles. The molecule has 2 amide bonds. The van der Waals surface area contributed by atoms with Crippen molar-refractivity contribution in [2.75, 3.05) is 13.7 Å². The molecule has 33 heavy (non-hydrogen) atoms. The number of amides is 2. The summed E-state index contributed by atoms with van der Waals surface area (Å²) >= 11 is 1.40. The minimum atomic E-state index is -0.452. The molecule has 7 nitrogen and oxygen atoms in total. The number of hydrogen-bond acceptors (Lipinski definition) is 6. The summed E-state index contributed by atoms with van der Waals surface area (Å²) in [5.74, 6) is 1.01. The molecule has 172 valence electrons. The van der Waals surface area contributed by atoms with Gasteiger partial charge in [-0.1, -0.05) is 12.1 Å². The van der Waals surface area contributed by atoms with Crippen LogP contribution in [0.25, 0.3) is 0 Å². The number of pyridine rings is 1. The molecular formula is C25H27N3O4S. The molecule has 3 heterocycles. The average molecular weight is 466 g/mol. The maximum absolute atomic E-state index is 13.0. The normalized spacial score (nSPS) is 16.3. The standard InChI is InChI=1S/C25H27N3O4S/c1-17(27-24(29)20-5-3-13-28(20)25(30)23-6-4-14-33-23)19-7-8-21(22(15-19)31-2)32-16-18-9-11-26-12-10-18/h4,6-12,14-15,17,20H,3,5,13,16H2,1-2H3,(H,27,29)/t17?,20-/m0/s1. The van der Waals surface area contributed by atoms with Crippen LogP contribution in [0.15, 0.2) is 60.2 Å². The maximum Gasteiger partial charge on any atom is 0.264 e. The molecule has 4 rings (SSSR count). The van der Waals surface area contributed by atoms with Crippen LogP contribution in [0.1, 0.15) is 46.6 Å². The predicted octanol–water partition coefficient (Wildman–Crippen LogP) is 4.21. The Kier molecular flexibility index (Phi) is 7.24. The highest BCUT2D eigenvalue weighted by Gasteiger charge is 2.35. The van der Waals surface area contributed by atoms with E-state index >= 15 is 0 Å². The summed E-state index contributed by atoms with van der Waals surface area (Å²) in [6.45, 7) is 2.92. The molecule has 1 aliphatic rings. The van der Waals surface area contributed by atoms with Gasteiger partial charge in [0.1, 0.15) is 12.6 Å². The van der Waals surface area contributed by atoms with Gasteiger partial charge >= 0.3 is 0 Å². The van der Waals surface area contributed by atoms with E-state index in [4.69, 9.17) is 9.47 Å². The summed E-state index contributed by atoms with van der Waals surface area (Å²) < 4.78 is 11.4. The number of aromatic nitrogens is 1. The topological polar surface area (TPSA) is 80.8 Å². The van der Waals surface area contributed by atoms with Crippen LogP contribution in [-0.4, -0.2) is 41.4 Å². The second-order valence-electron chi connectivity index (χ2n) is 7.92. The molecule has 3 aromatic rings. The Morgan fingerprint density at radius 3 is 2.76 bits per heavy atom. The molecule has 1 N–H and O–H groups in total. The van der Waals surface area contributed by atoms with Crippen molar-refractivity contribution in [1.82, 2.24) is 15.2 Å². The van der Waals surface area contributed by atoms with Crippen molar-refractivity contribution in [2.45, 2.75) is 38.5 Å². The molecule has 0 radical (unpaired) electrons. The Morgan fingerprint density at radius 2 is 2.03 bits per heavy atom. The van der Waals surface area contributed by atoms with Crippen molar-refractivity contribution in [1.29, 1.82) is 0 Å². The van der Waals surface area contributed by atoms with Crippen molar-refractivity contribution >= 4 is 23.2 Å². The number of ether oxygens (including phenoxy) is 2. The fourth-order valence-corrected chi connectivity index (χ4v) is 4.61. The van der Waals surface area contributed by atoms with Gasteiger partial charge in [-0.2, -0.15) is 0 Å². The highest BCUT2D eigenvalue weighted by Crippen LogP contribution is 2.31. The molecule has 0 bridgehead atoms. The van der Waals surface area contributed by atoms with Crippen LogP contribution in [-0.2, 0) is 11.4 Å². The van der Waals surface area contributed by atoms with Crippen LogP contribution >= 0.6 is 11.3 Å². The average Bonchev–Trinajstić information content (AvgIpc) is 3.55. The van der Waals surface area contributed by atoms with Crippen molar-refractivity contribution in [3.63, 3.8) is 0 Å². The first-order valence-corrected chi connectivity index (χ1v) is 11.8. The minimum absolute atomic E-state index is 0.0762. The maximum atomic E-state index is 13.0. The summed E-state index contributed by atoms with van der Waals surface area (Å²) in [7, 11) is 1.59. The van der Waals surface area contributed by atoms with Crippen molar-refractivity contribution < 1.29 is 19.1 Å². The fourth-order valence-electron chi connectivity index (χ4n) is 3.93. The van der Waals surface area contributed by atoms with Crippen molar-refractivity contribution in [3.05, 3.63) is 76.2 Å². The van der Waals surface area contributed by atoms with Gasteiger partial charge in [0.05, 0.1) is 18.0 Å². The molecule has 1 aromatic carbocycles. The van der Waals surface area contributed by atoms with Crippen LogP contribution in [0.5, 0.6) is 11.5 Å². The number of rotatable bonds is 8. The number of benzene rings is 1. The van der Waals surface area contributed by atoms with E-state index in [-0.39, 0.29) is 17.9 Å². The number of nitrogens with one attached hydrogen (secondary N) is 1. The summed E-state index contributed by atoms with van der Waals surface area (Å²) in [4.78, 5) is 32.2. The minimum Gasteiger partial charge on any atom is -0.493 e. The lowest BCUT2D eigenvalue weighted by atomic mass is 10.1. The highest BCUT2D eigenvalue weighted by atomic mass is 32.1. The van der Waals surface area contributed by atoms with Gasteiger partial charge in [0.15, 0.2) is 11.5 Å². The second-order valence-corrected chi connectivity index (χ2v) is 8.87. The summed E-state index contributed by atoms with van der Waals surface area (Å²) in [6.07, 6.45) is 4.94. The van der Waals surface area contributed by atoms with Crippen molar-refractivity contribution in [2.24, 2.45) is 0 Å². The third-order valence-electron chi connectivity index (χ3n) is 5.74. The van der Waals surface area contributed by atoms with Crippen LogP contribution < -0.4 is 14.8 Å². The Bertz CT molecular complexity index is 1090. The number of nitrogens with zero attached hydrogens (tertiary/aromatic N) is 2. The third kappa shape index (κ3) is 5.34. The predicted molar refractivity (Wildman–Crippen MR) is 126 cm³/mol. The molecule has 1 unspecified atom stereocenters. The first kappa shape index (κ1) is 22.8. The zero-order valence-electron chi connectivity index (χ0n) is 18.7. The lowest BCUT2D eigenvalue weighted by Crippen LogP contribution is -2.46. The lowest BCUT2D eigenvalue weighted by molar-refractivity contribution is -0.125. The Labute approximate surface area is 197 Å². The van der Waals surface area contributed by atoms with E-state index in [9.17, 15) is 9.59 Å². The van der Waals surface area contributed by atoms with Gasteiger partial charge in [-0.3, -0.25) is 14.6 Å². The van der Waals surface area contributed by atoms with Gasteiger partial charge < -0.3 is 19.7 Å². The van der Waals surface area contributed by atoms with Gasteiger partial charge in [0, 0.05) is 18.9 Å². The first-order valence-electron chi connectivity index (χ1n) is 10.9. The Morgan fingerprint density at radius 1 is 1.21 bits per heavy atom. The zero-order chi connectivity index (χ0) is 23.2. The summed E-state index contributed by atoms with van der Waals surface area (Å²) in [6, 6.07) is 12.4. The largest absolute Gasteiger partial charge is 0.493 e. The van der Waals surface area contributed by atoms with E-state index in [1.54, 1.807) is 30.5 Å². The van der Waals surface area contributed by atoms with Crippen LogP contribution in [0.3, 0.4) is 0 Å². The molecule has 2 atom stereocenters. The van der Waals surface area contributed by atoms with Gasteiger partial charge in [-0.05, 0) is 66.6 Å². The zero-order valence-corrected chi connectivity index (χ0v) is 19.5. The van der Waals surface area contributed by atoms with E-state index in [1.807, 2.05) is 48.7 Å². The molecule has 0 saturated carbocycles. The molecular weight excluding hydrogens is 438 g/mol. The molecule has 1 fully saturated rings. The van der Waals surface area contributed by atoms with Crippen LogP contribution in [0.2, 0.25) is 0 Å². The van der Waals surface area contributed by atoms with Gasteiger partial charge in [-0.25, -0.2) is 0 Å². The summed E-state index contributed by atoms with van der Waals surface area (Å²) in [5.41, 5.74) is 1.90. The van der Waals surface area contributed by atoms with E-state index < -0.39 is 6.04 Å². The Balaban J connectivity index is 1.40. The van der Waals surface area contributed by atoms with Gasteiger partial charge in [0.25, 0.3) is 5.91 Å². The second kappa shape index (κ2) is 10.5. The van der Waals surface area contributed by atoms with Gasteiger partial charge in [0.2, 0.25) is 5.91 Å². The quantitative estimate of drug-likeness (QED) is 0.539. The number of carbonyl (C=O) groups excluding carboxylic acids is 2. The van der Waals surface area contributed by atoms with E-state index in [1.165, 1.54) is 11.3 Å². The third-order valence-corrected chi connectivity index (χ3v) is 6.60. The fraction of sp³-hybridized carbons (Fsp3) is 0.320. The van der Waals surface area contributed by atoms with E-state index in [0.717, 1.165) is 17.5 Å². The SMILES string of the molecule is COc1cc(C(C)NC(=O)[C@@H]2CCCN2C(=O)c2cccs2)ccc1OCc1ccncc1. The monoisotopic (exact) mass is 465 g/mol. The smallest absolute Gasteiger partial charge is 0.264 e. The number of carbonyl (C=O) groups is 2. The molecule has 8 heteroatoms. The van der Waals surface area contributed by atoms with Gasteiger partial charge in [-0.15, -0.1) is 11.3 Å².